The van der Waals surface area contributed by atoms with Crippen LogP contribution >= 0.6 is 11.8 Å². The normalized spacial score (nSPS) is 11.6. The highest BCUT2D eigenvalue weighted by molar-refractivity contribution is 8.00. The monoisotopic (exact) mass is 412 g/mol. The first-order chi connectivity index (χ1) is 14.0. The third-order valence-electron chi connectivity index (χ3n) is 3.87. The molecule has 0 saturated heterocycles. The highest BCUT2D eigenvalue weighted by atomic mass is 32.2. The van der Waals surface area contributed by atoms with Crippen molar-refractivity contribution in [2.75, 3.05) is 17.7 Å². The van der Waals surface area contributed by atoms with E-state index in [4.69, 9.17) is 4.74 Å². The maximum absolute atomic E-state index is 12.6. The van der Waals surface area contributed by atoms with Gasteiger partial charge < -0.3 is 15.4 Å². The van der Waals surface area contributed by atoms with E-state index in [0.29, 0.717) is 28.0 Å². The van der Waals surface area contributed by atoms with Crippen molar-refractivity contribution in [1.29, 1.82) is 0 Å². The zero-order valence-electron chi connectivity index (χ0n) is 16.1. The van der Waals surface area contributed by atoms with E-state index in [2.05, 4.69) is 26.2 Å². The molecule has 1 aromatic heterocycles. The van der Waals surface area contributed by atoms with Crippen molar-refractivity contribution in [2.24, 2.45) is 0 Å². The minimum Gasteiger partial charge on any atom is -0.495 e. The highest BCUT2D eigenvalue weighted by Crippen LogP contribution is 2.27. The average Bonchev–Trinajstić information content (AvgIpc) is 3.16. The van der Waals surface area contributed by atoms with Crippen molar-refractivity contribution in [1.82, 2.24) is 20.2 Å². The number of hydrogen-bond donors (Lipinski definition) is 2. The van der Waals surface area contributed by atoms with Gasteiger partial charge >= 0.3 is 0 Å². The van der Waals surface area contributed by atoms with Gasteiger partial charge in [-0.25, -0.2) is 0 Å². The van der Waals surface area contributed by atoms with Crippen LogP contribution in [0.1, 0.15) is 13.8 Å². The smallest absolute Gasteiger partial charge is 0.237 e. The second-order valence-corrected chi connectivity index (χ2v) is 7.36. The third-order valence-corrected chi connectivity index (χ3v) is 4.90. The summed E-state index contributed by atoms with van der Waals surface area (Å²) in [4.78, 5) is 23.9. The van der Waals surface area contributed by atoms with Crippen LogP contribution in [0.5, 0.6) is 5.75 Å². The molecule has 0 fully saturated rings. The zero-order chi connectivity index (χ0) is 20.8. The second kappa shape index (κ2) is 9.20. The van der Waals surface area contributed by atoms with Gasteiger partial charge in [-0.1, -0.05) is 30.0 Å². The van der Waals surface area contributed by atoms with E-state index in [1.807, 2.05) is 18.2 Å². The number of hydrogen-bond acceptors (Lipinski definition) is 7. The molecule has 3 rings (SSSR count). The number of carbonyl (C=O) groups excluding carboxylic acids is 2. The van der Waals surface area contributed by atoms with Gasteiger partial charge in [0, 0.05) is 12.6 Å². The molecule has 150 valence electrons. The van der Waals surface area contributed by atoms with Crippen LogP contribution in [-0.2, 0) is 9.59 Å². The quantitative estimate of drug-likeness (QED) is 0.574. The predicted molar refractivity (Wildman–Crippen MR) is 110 cm³/mol. The van der Waals surface area contributed by atoms with Crippen molar-refractivity contribution in [3.8, 4) is 11.4 Å². The number of rotatable bonds is 7. The van der Waals surface area contributed by atoms with E-state index in [1.165, 1.54) is 23.4 Å². The summed E-state index contributed by atoms with van der Waals surface area (Å²) in [6.45, 7) is 3.20. The fourth-order valence-corrected chi connectivity index (χ4v) is 3.33. The summed E-state index contributed by atoms with van der Waals surface area (Å²) >= 11 is 1.22. The minimum atomic E-state index is -0.469. The van der Waals surface area contributed by atoms with Crippen molar-refractivity contribution in [2.45, 2.75) is 24.3 Å². The largest absolute Gasteiger partial charge is 0.495 e. The minimum absolute atomic E-state index is 0.171. The molecule has 0 aliphatic heterocycles. The van der Waals surface area contributed by atoms with Crippen LogP contribution in [0.2, 0.25) is 0 Å². The molecular weight excluding hydrogens is 392 g/mol. The molecule has 0 saturated carbocycles. The van der Waals surface area contributed by atoms with Crippen LogP contribution in [0.3, 0.4) is 0 Å². The lowest BCUT2D eigenvalue weighted by Crippen LogP contribution is -2.23. The number of amides is 2. The van der Waals surface area contributed by atoms with Gasteiger partial charge in [0.15, 0.2) is 0 Å². The fourth-order valence-electron chi connectivity index (χ4n) is 2.53. The number of ether oxygens (including phenoxy) is 1. The Bertz CT molecular complexity index is 1020. The Balaban J connectivity index is 1.74. The second-order valence-electron chi connectivity index (χ2n) is 6.05. The van der Waals surface area contributed by atoms with E-state index in [-0.39, 0.29) is 11.8 Å². The SMILES string of the molecule is COc1ccccc1NC(=O)C(C)Sc1nnnn1-c1cccc(NC(C)=O)c1. The summed E-state index contributed by atoms with van der Waals surface area (Å²) in [5, 5.41) is 17.3. The van der Waals surface area contributed by atoms with Crippen molar-refractivity contribution < 1.29 is 14.3 Å². The standard InChI is InChI=1S/C19H20N6O3S/c1-12(18(27)21-16-9-4-5-10-17(16)28-3)29-19-22-23-24-25(19)15-8-6-7-14(11-15)20-13(2)26/h4-12H,1-3H3,(H,20,26)(H,21,27). The van der Waals surface area contributed by atoms with E-state index in [0.717, 1.165) is 0 Å². The number of nitrogens with one attached hydrogen (secondary N) is 2. The van der Waals surface area contributed by atoms with E-state index in [1.54, 1.807) is 44.4 Å². The van der Waals surface area contributed by atoms with Gasteiger partial charge in [-0.2, -0.15) is 4.68 Å². The lowest BCUT2D eigenvalue weighted by molar-refractivity contribution is -0.115. The van der Waals surface area contributed by atoms with Gasteiger partial charge in [0.1, 0.15) is 5.75 Å². The fraction of sp³-hybridized carbons (Fsp3) is 0.211. The van der Waals surface area contributed by atoms with Gasteiger partial charge in [-0.05, 0) is 47.7 Å². The van der Waals surface area contributed by atoms with Crippen LogP contribution in [0, 0.1) is 0 Å². The highest BCUT2D eigenvalue weighted by Gasteiger charge is 2.20. The molecule has 2 amide bonds. The predicted octanol–water partition coefficient (Wildman–Crippen LogP) is 2.75. The summed E-state index contributed by atoms with van der Waals surface area (Å²) in [5.74, 6) is 0.203. The first-order valence-electron chi connectivity index (χ1n) is 8.75. The molecule has 0 radical (unpaired) electrons. The van der Waals surface area contributed by atoms with E-state index < -0.39 is 5.25 Å². The van der Waals surface area contributed by atoms with E-state index >= 15 is 0 Å². The van der Waals surface area contributed by atoms with Crippen LogP contribution in [0.25, 0.3) is 5.69 Å². The molecule has 2 aromatic carbocycles. The molecule has 9 nitrogen and oxygen atoms in total. The number of methoxy groups -OCH3 is 1. The Kier molecular flexibility index (Phi) is 6.45. The van der Waals surface area contributed by atoms with E-state index in [9.17, 15) is 9.59 Å². The van der Waals surface area contributed by atoms with Gasteiger partial charge in [0.2, 0.25) is 17.0 Å². The first kappa shape index (κ1) is 20.3. The molecule has 0 bridgehead atoms. The number of benzene rings is 2. The Hall–Kier alpha value is -3.40. The number of thioether (sulfide) groups is 1. The van der Waals surface area contributed by atoms with Gasteiger partial charge in [0.05, 0.1) is 23.7 Å². The Morgan fingerprint density at radius 1 is 1.14 bits per heavy atom. The van der Waals surface area contributed by atoms with Gasteiger partial charge in [-0.15, -0.1) is 5.10 Å². The number of nitrogens with zero attached hydrogens (tertiary/aromatic N) is 4. The van der Waals surface area contributed by atoms with Gasteiger partial charge in [-0.3, -0.25) is 9.59 Å². The molecule has 0 aliphatic carbocycles. The molecule has 0 spiro atoms. The van der Waals surface area contributed by atoms with Crippen LogP contribution in [0.4, 0.5) is 11.4 Å². The summed E-state index contributed by atoms with van der Waals surface area (Å²) < 4.78 is 6.78. The summed E-state index contributed by atoms with van der Waals surface area (Å²) in [5.41, 5.74) is 1.89. The van der Waals surface area contributed by atoms with Crippen molar-refractivity contribution >= 4 is 35.0 Å². The molecule has 2 N–H and O–H groups in total. The molecule has 10 heteroatoms. The third kappa shape index (κ3) is 5.11. The Morgan fingerprint density at radius 3 is 2.69 bits per heavy atom. The number of anilines is 2. The molecule has 1 unspecified atom stereocenters. The van der Waals surface area contributed by atoms with Crippen LogP contribution in [0.15, 0.2) is 53.7 Å². The number of aromatic nitrogens is 4. The maximum atomic E-state index is 12.6. The molecule has 1 heterocycles. The lowest BCUT2D eigenvalue weighted by atomic mass is 10.3. The summed E-state index contributed by atoms with van der Waals surface area (Å²) in [6.07, 6.45) is 0. The molecular formula is C19H20N6O3S. The number of tetrazole rings is 1. The van der Waals surface area contributed by atoms with Crippen molar-refractivity contribution in [3.05, 3.63) is 48.5 Å². The van der Waals surface area contributed by atoms with Crippen LogP contribution in [-0.4, -0.2) is 44.4 Å². The lowest BCUT2D eigenvalue weighted by Gasteiger charge is -2.14. The molecule has 3 aromatic rings. The van der Waals surface area contributed by atoms with Gasteiger partial charge in [0.25, 0.3) is 0 Å². The number of para-hydroxylation sites is 2. The first-order valence-corrected chi connectivity index (χ1v) is 9.63. The Labute approximate surface area is 171 Å². The Morgan fingerprint density at radius 2 is 1.93 bits per heavy atom. The molecule has 1 atom stereocenters. The van der Waals surface area contributed by atoms with Crippen molar-refractivity contribution in [3.63, 3.8) is 0 Å². The number of carbonyl (C=O) groups is 2. The maximum Gasteiger partial charge on any atom is 0.237 e. The molecule has 0 aliphatic rings. The molecule has 29 heavy (non-hydrogen) atoms. The zero-order valence-corrected chi connectivity index (χ0v) is 16.9. The van der Waals surface area contributed by atoms with Crippen LogP contribution < -0.4 is 15.4 Å². The summed E-state index contributed by atoms with van der Waals surface area (Å²) in [6, 6.07) is 14.3. The summed E-state index contributed by atoms with van der Waals surface area (Å²) in [7, 11) is 1.55. The average molecular weight is 412 g/mol. The topological polar surface area (TPSA) is 111 Å².